The highest BCUT2D eigenvalue weighted by Crippen LogP contribution is 2.40. The van der Waals surface area contributed by atoms with Crippen LogP contribution in [0.2, 0.25) is 0 Å². The number of esters is 1. The fourth-order valence-electron chi connectivity index (χ4n) is 8.73. The Morgan fingerprint density at radius 1 is 1.04 bits per heavy atom. The van der Waals surface area contributed by atoms with Crippen molar-refractivity contribution in [1.82, 2.24) is 4.90 Å². The van der Waals surface area contributed by atoms with Crippen LogP contribution < -0.4 is 0 Å². The molecule has 1 aromatic carbocycles. The van der Waals surface area contributed by atoms with Crippen LogP contribution in [0.15, 0.2) is 40.5 Å². The SMILES string of the molecule is CC[C@H]1OC(=O)[C@H](C)C(=O)[C@H](C)[C@@H](O[C@@H]2O[C@H](C)C[C@H](N(C)C)[C@H]2O)[C@@]2(C)C[C@@H](C)C(=NC(C)=O)[C@H](C)[C@H](OC/C(=N\OCCCc3ccccc3)CO2)[C@]1(C)O. The van der Waals surface area contributed by atoms with Gasteiger partial charge < -0.3 is 43.6 Å². The smallest absolute Gasteiger partial charge is 0.316 e. The van der Waals surface area contributed by atoms with Crippen LogP contribution in [-0.4, -0.2) is 132 Å². The molecule has 0 spiro atoms. The Kier molecular flexibility index (Phi) is 16.5. The summed E-state index contributed by atoms with van der Waals surface area (Å²) < 4.78 is 32.4. The van der Waals surface area contributed by atoms with Gasteiger partial charge in [0.1, 0.15) is 36.0 Å². The van der Waals surface area contributed by atoms with Gasteiger partial charge in [-0.15, -0.1) is 0 Å². The molecule has 320 valence electrons. The fraction of sp³-hybridized carbons (Fsp3) is 0.744. The van der Waals surface area contributed by atoms with Gasteiger partial charge in [0.2, 0.25) is 5.91 Å². The van der Waals surface area contributed by atoms with Crippen molar-refractivity contribution in [1.29, 1.82) is 0 Å². The molecular formula is C43H67N3O11. The third-order valence-electron chi connectivity index (χ3n) is 11.9. The van der Waals surface area contributed by atoms with E-state index in [2.05, 4.69) is 22.3 Å². The number of nitrogens with zero attached hydrogens (tertiary/aromatic N) is 3. The Morgan fingerprint density at radius 3 is 2.35 bits per heavy atom. The maximum absolute atomic E-state index is 14.5. The van der Waals surface area contributed by atoms with E-state index in [4.69, 9.17) is 28.5 Å². The van der Waals surface area contributed by atoms with Crippen molar-refractivity contribution in [3.8, 4) is 0 Å². The highest BCUT2D eigenvalue weighted by molar-refractivity contribution is 6.00. The summed E-state index contributed by atoms with van der Waals surface area (Å²) in [6.07, 6.45) is -3.42. The standard InChI is InChI=1S/C43H67N3O11/c1-12-34-43(9,51)39-27(4)35(44-30(7)47)25(2)22-42(8,53-24-32(23-52-39)45-54-20-16-19-31-17-14-13-15-18-31)38(28(5)36(48)29(6)40(50)56-34)57-41-37(49)33(46(10)11)21-26(3)55-41/h13-15,17-18,25-29,33-34,37-39,41,49,51H,12,16,19-24H2,1-11H3/b44-35?,45-32+/t25-,26-,27+,28+,29-,33+,34-,37-,38-,39+,41+,42-,43-/m1/s1. The van der Waals surface area contributed by atoms with Crippen molar-refractivity contribution in [2.24, 2.45) is 33.8 Å². The average molecular weight is 802 g/mol. The molecule has 3 aliphatic heterocycles. The molecule has 3 aliphatic rings. The largest absolute Gasteiger partial charge is 0.459 e. The van der Waals surface area contributed by atoms with E-state index in [1.54, 1.807) is 13.8 Å². The molecule has 14 heteroatoms. The van der Waals surface area contributed by atoms with E-state index in [0.29, 0.717) is 30.9 Å². The predicted octanol–water partition coefficient (Wildman–Crippen LogP) is 4.55. The zero-order valence-corrected chi connectivity index (χ0v) is 35.8. The molecule has 0 aliphatic carbocycles. The Labute approximate surface area is 338 Å². The van der Waals surface area contributed by atoms with Crippen LogP contribution in [0.3, 0.4) is 0 Å². The first-order chi connectivity index (χ1) is 26.8. The van der Waals surface area contributed by atoms with E-state index in [-0.39, 0.29) is 38.2 Å². The van der Waals surface area contributed by atoms with Crippen LogP contribution in [0.4, 0.5) is 0 Å². The summed E-state index contributed by atoms with van der Waals surface area (Å²) in [4.78, 5) is 53.3. The summed E-state index contributed by atoms with van der Waals surface area (Å²) in [5.41, 5.74) is -1.22. The van der Waals surface area contributed by atoms with Crippen LogP contribution >= 0.6 is 0 Å². The van der Waals surface area contributed by atoms with Crippen molar-refractivity contribution in [2.75, 3.05) is 33.9 Å². The number of cyclic esters (lactones) is 1. The van der Waals surface area contributed by atoms with Crippen LogP contribution in [0.1, 0.15) is 93.6 Å². The molecule has 4 rings (SSSR count). The zero-order valence-electron chi connectivity index (χ0n) is 35.8. The maximum Gasteiger partial charge on any atom is 0.316 e. The second-order valence-corrected chi connectivity index (χ2v) is 17.0. The summed E-state index contributed by atoms with van der Waals surface area (Å²) in [5, 5.41) is 28.5. The van der Waals surface area contributed by atoms with Crippen LogP contribution in [0, 0.1) is 23.7 Å². The fourth-order valence-corrected chi connectivity index (χ4v) is 8.73. The van der Waals surface area contributed by atoms with Gasteiger partial charge in [-0.2, -0.15) is 0 Å². The third kappa shape index (κ3) is 11.6. The number of carbonyl (C=O) groups excluding carboxylic acids is 3. The lowest BCUT2D eigenvalue weighted by atomic mass is 9.73. The lowest BCUT2D eigenvalue weighted by Crippen LogP contribution is -2.60. The number of oxime groups is 1. The number of ether oxygens (including phenoxy) is 5. The molecule has 2 bridgehead atoms. The van der Waals surface area contributed by atoms with Crippen molar-refractivity contribution in [3.63, 3.8) is 0 Å². The summed E-state index contributed by atoms with van der Waals surface area (Å²) in [7, 11) is 3.75. The zero-order chi connectivity index (χ0) is 42.2. The molecular weight excluding hydrogens is 734 g/mol. The van der Waals surface area contributed by atoms with E-state index in [1.807, 2.05) is 64.9 Å². The van der Waals surface area contributed by atoms with Gasteiger partial charge in [-0.3, -0.25) is 14.4 Å². The molecule has 0 radical (unpaired) electrons. The lowest BCUT2D eigenvalue weighted by Gasteiger charge is -2.47. The van der Waals surface area contributed by atoms with Gasteiger partial charge in [0, 0.05) is 30.5 Å². The van der Waals surface area contributed by atoms with E-state index < -0.39 is 83.2 Å². The molecule has 1 amide bonds. The number of hydrogen-bond acceptors (Lipinski definition) is 13. The van der Waals surface area contributed by atoms with Crippen LogP contribution in [0.25, 0.3) is 0 Å². The minimum absolute atomic E-state index is 0.127. The molecule has 3 fully saturated rings. The minimum Gasteiger partial charge on any atom is -0.459 e. The first kappa shape index (κ1) is 46.6. The molecule has 1 aromatic rings. The maximum atomic E-state index is 14.5. The highest BCUT2D eigenvalue weighted by atomic mass is 16.7. The Hall–Kier alpha value is -3.11. The molecule has 3 saturated heterocycles. The predicted molar refractivity (Wildman–Crippen MR) is 215 cm³/mol. The van der Waals surface area contributed by atoms with Gasteiger partial charge in [-0.25, -0.2) is 4.99 Å². The van der Waals surface area contributed by atoms with E-state index in [9.17, 15) is 24.6 Å². The number of aryl methyl sites for hydroxylation is 1. The molecule has 3 heterocycles. The normalized spacial score (nSPS) is 38.9. The Morgan fingerprint density at radius 2 is 1.72 bits per heavy atom. The number of aliphatic hydroxyl groups is 2. The molecule has 0 aromatic heterocycles. The molecule has 0 unspecified atom stereocenters. The van der Waals surface area contributed by atoms with Gasteiger partial charge in [0.25, 0.3) is 0 Å². The second-order valence-electron chi connectivity index (χ2n) is 17.0. The summed E-state index contributed by atoms with van der Waals surface area (Å²) in [5.74, 6) is -5.18. The number of ketones is 1. The lowest BCUT2D eigenvalue weighted by molar-refractivity contribution is -0.296. The monoisotopic (exact) mass is 801 g/mol. The number of Topliss-reactive ketones (excluding diaryl/α,β-unsaturated/α-hetero) is 1. The quantitative estimate of drug-likeness (QED) is 0.155. The first-order valence-corrected chi connectivity index (χ1v) is 20.5. The van der Waals surface area contributed by atoms with Gasteiger partial charge in [0.15, 0.2) is 12.1 Å². The Bertz CT molecular complexity index is 1570. The number of rotatable bonds is 9. The summed E-state index contributed by atoms with van der Waals surface area (Å²) >= 11 is 0. The number of amides is 1. The van der Waals surface area contributed by atoms with Crippen LogP contribution in [0.5, 0.6) is 0 Å². The number of aliphatic imine (C=N–C) groups is 1. The first-order valence-electron chi connectivity index (χ1n) is 20.5. The van der Waals surface area contributed by atoms with Gasteiger partial charge in [-0.1, -0.05) is 63.2 Å². The molecule has 13 atom stereocenters. The number of fused-ring (bicyclic) bond motifs is 5. The van der Waals surface area contributed by atoms with Crippen LogP contribution in [-0.2, 0) is 49.3 Å². The van der Waals surface area contributed by atoms with E-state index in [1.165, 1.54) is 26.3 Å². The second kappa shape index (κ2) is 20.2. The molecule has 2 N–H and O–H groups in total. The van der Waals surface area contributed by atoms with Gasteiger partial charge in [-0.05, 0) is 85.4 Å². The topological polar surface area (TPSA) is 175 Å². The van der Waals surface area contributed by atoms with Crippen molar-refractivity contribution >= 4 is 29.1 Å². The number of hydrogen-bond donors (Lipinski definition) is 2. The average Bonchev–Trinajstić information content (AvgIpc) is 3.17. The van der Waals surface area contributed by atoms with Crippen molar-refractivity contribution < 1.29 is 53.1 Å². The molecule has 0 saturated carbocycles. The number of carbonyl (C=O) groups is 3. The number of likely N-dealkylation sites (N-methyl/N-ethyl adjacent to an activating group) is 1. The van der Waals surface area contributed by atoms with E-state index >= 15 is 0 Å². The number of aliphatic hydroxyl groups excluding tert-OH is 1. The summed E-state index contributed by atoms with van der Waals surface area (Å²) in [6.45, 7) is 15.3. The number of benzene rings is 1. The van der Waals surface area contributed by atoms with E-state index in [0.717, 1.165) is 6.42 Å². The van der Waals surface area contributed by atoms with Crippen molar-refractivity contribution in [2.45, 2.75) is 148 Å². The molecule has 57 heavy (non-hydrogen) atoms. The van der Waals surface area contributed by atoms with Gasteiger partial charge >= 0.3 is 5.97 Å². The highest BCUT2D eigenvalue weighted by Gasteiger charge is 2.53. The third-order valence-corrected chi connectivity index (χ3v) is 11.9. The summed E-state index contributed by atoms with van der Waals surface area (Å²) in [6, 6.07) is 9.75. The van der Waals surface area contributed by atoms with Crippen molar-refractivity contribution in [3.05, 3.63) is 35.9 Å². The molecule has 14 nitrogen and oxygen atoms in total. The Balaban J connectivity index is 1.88. The minimum atomic E-state index is -1.82. The van der Waals surface area contributed by atoms with Gasteiger partial charge in [0.05, 0.1) is 37.1 Å².